The molecule has 0 aliphatic carbocycles. The van der Waals surface area contributed by atoms with E-state index in [0.29, 0.717) is 5.92 Å². The Morgan fingerprint density at radius 3 is 2.59 bits per heavy atom. The van der Waals surface area contributed by atoms with Gasteiger partial charge in [-0.05, 0) is 12.8 Å². The van der Waals surface area contributed by atoms with E-state index in [2.05, 4.69) is 10.3 Å². The second-order valence-corrected chi connectivity index (χ2v) is 4.34. The van der Waals surface area contributed by atoms with Crippen molar-refractivity contribution in [3.05, 3.63) is 33.1 Å². The Hall–Kier alpha value is -1.85. The van der Waals surface area contributed by atoms with E-state index in [-0.39, 0.29) is 18.5 Å². The van der Waals surface area contributed by atoms with Crippen LogP contribution in [0, 0.1) is 5.92 Å². The predicted octanol–water partition coefficient (Wildman–Crippen LogP) is -0.303. The first-order chi connectivity index (χ1) is 7.90. The molecule has 0 aliphatic heterocycles. The molecule has 6 heteroatoms. The number of aromatic amines is 1. The summed E-state index contributed by atoms with van der Waals surface area (Å²) in [7, 11) is 0. The highest BCUT2D eigenvalue weighted by Crippen LogP contribution is 1.99. The maximum atomic E-state index is 11.6. The van der Waals surface area contributed by atoms with E-state index in [1.54, 1.807) is 0 Å². The molecule has 1 aromatic heterocycles. The van der Waals surface area contributed by atoms with Gasteiger partial charge in [-0.15, -0.1) is 0 Å². The van der Waals surface area contributed by atoms with Gasteiger partial charge in [0, 0.05) is 18.3 Å². The fraction of sp³-hybridized carbons (Fsp3) is 0.545. The van der Waals surface area contributed by atoms with Crippen molar-refractivity contribution in [2.75, 3.05) is 0 Å². The Morgan fingerprint density at radius 2 is 2.06 bits per heavy atom. The standard InChI is InChI=1S/C11H17N3O3/c1-7(2)8(3)12-10(16)6-14-5-4-9(15)13-11(14)17/h4-5,7-8H,6H2,1-3H3,(H,12,16)(H,13,15,17). The molecule has 0 radical (unpaired) electrons. The van der Waals surface area contributed by atoms with Gasteiger partial charge in [0.15, 0.2) is 0 Å². The first kappa shape index (κ1) is 13.2. The molecule has 0 fully saturated rings. The maximum Gasteiger partial charge on any atom is 0.328 e. The third kappa shape index (κ3) is 3.90. The number of nitrogens with zero attached hydrogens (tertiary/aromatic N) is 1. The first-order valence-electron chi connectivity index (χ1n) is 5.49. The zero-order valence-electron chi connectivity index (χ0n) is 10.2. The number of amides is 1. The summed E-state index contributed by atoms with van der Waals surface area (Å²) in [6, 6.07) is 1.25. The van der Waals surface area contributed by atoms with Crippen molar-refractivity contribution < 1.29 is 4.79 Å². The lowest BCUT2D eigenvalue weighted by atomic mass is 10.1. The summed E-state index contributed by atoms with van der Waals surface area (Å²) in [5.41, 5.74) is -1.05. The largest absolute Gasteiger partial charge is 0.352 e. The number of hydrogen-bond acceptors (Lipinski definition) is 3. The molecule has 0 saturated heterocycles. The van der Waals surface area contributed by atoms with E-state index >= 15 is 0 Å². The van der Waals surface area contributed by atoms with E-state index in [0.717, 1.165) is 4.57 Å². The Kier molecular flexibility index (Phi) is 4.25. The maximum absolute atomic E-state index is 11.6. The molecule has 1 aromatic rings. The van der Waals surface area contributed by atoms with Gasteiger partial charge < -0.3 is 5.32 Å². The van der Waals surface area contributed by atoms with Gasteiger partial charge in [0.25, 0.3) is 5.56 Å². The van der Waals surface area contributed by atoms with Crippen LogP contribution in [0.2, 0.25) is 0 Å². The third-order valence-electron chi connectivity index (χ3n) is 2.60. The molecular weight excluding hydrogens is 222 g/mol. The monoisotopic (exact) mass is 239 g/mol. The molecule has 1 rings (SSSR count). The number of aromatic nitrogens is 2. The molecule has 1 unspecified atom stereocenters. The van der Waals surface area contributed by atoms with E-state index in [9.17, 15) is 14.4 Å². The van der Waals surface area contributed by atoms with E-state index in [4.69, 9.17) is 0 Å². The fourth-order valence-corrected chi connectivity index (χ4v) is 1.19. The summed E-state index contributed by atoms with van der Waals surface area (Å²) in [5.74, 6) is 0.0756. The van der Waals surface area contributed by atoms with Crippen molar-refractivity contribution in [1.82, 2.24) is 14.9 Å². The van der Waals surface area contributed by atoms with Crippen LogP contribution in [0.4, 0.5) is 0 Å². The lowest BCUT2D eigenvalue weighted by Gasteiger charge is -2.17. The summed E-state index contributed by atoms with van der Waals surface area (Å²) < 4.78 is 1.16. The molecule has 6 nitrogen and oxygen atoms in total. The van der Waals surface area contributed by atoms with Crippen molar-refractivity contribution in [2.24, 2.45) is 5.92 Å². The number of nitrogens with one attached hydrogen (secondary N) is 2. The lowest BCUT2D eigenvalue weighted by molar-refractivity contribution is -0.122. The Balaban J connectivity index is 2.69. The molecule has 0 spiro atoms. The van der Waals surface area contributed by atoms with Crippen molar-refractivity contribution in [3.63, 3.8) is 0 Å². The first-order valence-corrected chi connectivity index (χ1v) is 5.49. The fourth-order valence-electron chi connectivity index (χ4n) is 1.19. The van der Waals surface area contributed by atoms with E-state index in [1.807, 2.05) is 20.8 Å². The van der Waals surface area contributed by atoms with Crippen LogP contribution in [-0.4, -0.2) is 21.5 Å². The molecule has 0 aliphatic rings. The lowest BCUT2D eigenvalue weighted by Crippen LogP contribution is -2.40. The van der Waals surface area contributed by atoms with Crippen LogP contribution in [0.25, 0.3) is 0 Å². The van der Waals surface area contributed by atoms with Crippen LogP contribution in [-0.2, 0) is 11.3 Å². The van der Waals surface area contributed by atoms with Crippen molar-refractivity contribution in [1.29, 1.82) is 0 Å². The highest BCUT2D eigenvalue weighted by molar-refractivity contribution is 5.75. The van der Waals surface area contributed by atoms with Gasteiger partial charge in [-0.1, -0.05) is 13.8 Å². The van der Waals surface area contributed by atoms with Gasteiger partial charge in [0.05, 0.1) is 0 Å². The number of hydrogen-bond donors (Lipinski definition) is 2. The predicted molar refractivity (Wildman–Crippen MR) is 63.8 cm³/mol. The third-order valence-corrected chi connectivity index (χ3v) is 2.60. The number of H-pyrrole nitrogens is 1. The van der Waals surface area contributed by atoms with Crippen LogP contribution in [0.5, 0.6) is 0 Å². The van der Waals surface area contributed by atoms with Gasteiger partial charge in [0.2, 0.25) is 5.91 Å². The second-order valence-electron chi connectivity index (χ2n) is 4.34. The summed E-state index contributed by atoms with van der Waals surface area (Å²) >= 11 is 0. The molecule has 2 N–H and O–H groups in total. The number of carbonyl (C=O) groups is 1. The zero-order chi connectivity index (χ0) is 13.0. The molecule has 0 aromatic carbocycles. The minimum absolute atomic E-state index is 0.0426. The molecule has 1 heterocycles. The van der Waals surface area contributed by atoms with E-state index in [1.165, 1.54) is 12.3 Å². The van der Waals surface area contributed by atoms with Crippen LogP contribution in [0.15, 0.2) is 21.9 Å². The number of rotatable bonds is 4. The molecule has 94 valence electrons. The molecule has 0 saturated carbocycles. The summed E-state index contributed by atoms with van der Waals surface area (Å²) in [6.45, 7) is 5.80. The molecule has 17 heavy (non-hydrogen) atoms. The zero-order valence-corrected chi connectivity index (χ0v) is 10.2. The second kappa shape index (κ2) is 5.47. The van der Waals surface area contributed by atoms with Crippen molar-refractivity contribution >= 4 is 5.91 Å². The van der Waals surface area contributed by atoms with Gasteiger partial charge >= 0.3 is 5.69 Å². The topological polar surface area (TPSA) is 84.0 Å². The Labute approximate surface area is 98.7 Å². The Bertz CT molecular complexity index is 501. The highest BCUT2D eigenvalue weighted by Gasteiger charge is 2.11. The van der Waals surface area contributed by atoms with Gasteiger partial charge in [-0.25, -0.2) is 4.79 Å². The quantitative estimate of drug-likeness (QED) is 0.756. The average molecular weight is 239 g/mol. The van der Waals surface area contributed by atoms with Gasteiger partial charge in [-0.3, -0.25) is 19.1 Å². The Morgan fingerprint density at radius 1 is 1.41 bits per heavy atom. The SMILES string of the molecule is CC(C)C(C)NC(=O)Cn1ccc(=O)[nH]c1=O. The van der Waals surface area contributed by atoms with Gasteiger partial charge in [0.1, 0.15) is 6.54 Å². The average Bonchev–Trinajstić information content (AvgIpc) is 2.22. The van der Waals surface area contributed by atoms with E-state index < -0.39 is 11.2 Å². The number of carbonyl (C=O) groups excluding carboxylic acids is 1. The molecule has 0 bridgehead atoms. The van der Waals surface area contributed by atoms with Crippen LogP contribution in [0.3, 0.4) is 0 Å². The van der Waals surface area contributed by atoms with Crippen molar-refractivity contribution in [2.45, 2.75) is 33.4 Å². The minimum Gasteiger partial charge on any atom is -0.352 e. The summed E-state index contributed by atoms with van der Waals surface area (Å²) in [5, 5.41) is 2.78. The summed E-state index contributed by atoms with van der Waals surface area (Å²) in [4.78, 5) is 35.8. The highest BCUT2D eigenvalue weighted by atomic mass is 16.2. The smallest absolute Gasteiger partial charge is 0.328 e. The molecular formula is C11H17N3O3. The molecule has 1 amide bonds. The molecule has 1 atom stereocenters. The van der Waals surface area contributed by atoms with Crippen LogP contribution < -0.4 is 16.6 Å². The van der Waals surface area contributed by atoms with Gasteiger partial charge in [-0.2, -0.15) is 0 Å². The minimum atomic E-state index is -0.579. The normalized spacial score (nSPS) is 12.5. The van der Waals surface area contributed by atoms with Crippen molar-refractivity contribution in [3.8, 4) is 0 Å². The summed E-state index contributed by atoms with van der Waals surface area (Å²) in [6.07, 6.45) is 1.31. The van der Waals surface area contributed by atoms with Crippen LogP contribution >= 0.6 is 0 Å². The van der Waals surface area contributed by atoms with Crippen LogP contribution in [0.1, 0.15) is 20.8 Å².